The first kappa shape index (κ1) is 14.6. The fourth-order valence-electron chi connectivity index (χ4n) is 1.94. The van der Waals surface area contributed by atoms with Crippen molar-refractivity contribution >= 4 is 17.6 Å². The molecule has 0 N–H and O–H groups in total. The second-order valence-electron chi connectivity index (χ2n) is 4.99. The van der Waals surface area contributed by atoms with E-state index < -0.39 is 5.97 Å². The van der Waals surface area contributed by atoms with Gasteiger partial charge in [-0.15, -0.1) is 0 Å². The molecule has 20 heavy (non-hydrogen) atoms. The summed E-state index contributed by atoms with van der Waals surface area (Å²) in [5.74, 6) is 0.450. The number of nitrogens with zero attached hydrogens (tertiary/aromatic N) is 2. The molecule has 0 fully saturated rings. The summed E-state index contributed by atoms with van der Waals surface area (Å²) in [6.07, 6.45) is 0. The second-order valence-corrected chi connectivity index (χ2v) is 5.35. The zero-order valence-corrected chi connectivity index (χ0v) is 12.7. The molecular formula is C15H17ClN2O2. The first-order valence-electron chi connectivity index (χ1n) is 6.41. The molecule has 0 aliphatic rings. The summed E-state index contributed by atoms with van der Waals surface area (Å²) in [4.78, 5) is 12.1. The van der Waals surface area contributed by atoms with E-state index in [1.54, 1.807) is 26.1 Å². The Bertz CT molecular complexity index is 630. The van der Waals surface area contributed by atoms with Crippen LogP contribution in [0.5, 0.6) is 5.75 Å². The minimum atomic E-state index is -0.488. The van der Waals surface area contributed by atoms with Gasteiger partial charge in [0.1, 0.15) is 16.5 Å². The normalized spacial score (nSPS) is 10.9. The number of carbonyl (C=O) groups is 1. The number of halogens is 1. The zero-order chi connectivity index (χ0) is 14.9. The highest BCUT2D eigenvalue weighted by Gasteiger charge is 2.20. The minimum Gasteiger partial charge on any atom is -0.423 e. The van der Waals surface area contributed by atoms with Crippen molar-refractivity contribution < 1.29 is 9.53 Å². The fourth-order valence-corrected chi connectivity index (χ4v) is 2.19. The van der Waals surface area contributed by atoms with Gasteiger partial charge in [0.2, 0.25) is 0 Å². The van der Waals surface area contributed by atoms with Crippen molar-refractivity contribution in [2.24, 2.45) is 7.05 Å². The monoisotopic (exact) mass is 292 g/mol. The van der Waals surface area contributed by atoms with Gasteiger partial charge in [0.15, 0.2) is 0 Å². The first-order chi connectivity index (χ1) is 9.40. The number of ether oxygens (including phenoxy) is 1. The SMILES string of the molecule is Cc1nn(C)c(Cl)c1C(=O)Oc1ccc(C(C)C)cc1. The maximum absolute atomic E-state index is 12.1. The van der Waals surface area contributed by atoms with Crippen LogP contribution < -0.4 is 4.74 Å². The van der Waals surface area contributed by atoms with Crippen molar-refractivity contribution in [3.63, 3.8) is 0 Å². The van der Waals surface area contributed by atoms with Crippen molar-refractivity contribution in [1.82, 2.24) is 9.78 Å². The third kappa shape index (κ3) is 2.85. The van der Waals surface area contributed by atoms with Crippen molar-refractivity contribution in [3.05, 3.63) is 46.2 Å². The molecule has 2 rings (SSSR count). The molecule has 4 nitrogen and oxygen atoms in total. The molecule has 0 unspecified atom stereocenters. The number of carbonyl (C=O) groups excluding carboxylic acids is 1. The maximum Gasteiger partial charge on any atom is 0.348 e. The van der Waals surface area contributed by atoms with Crippen LogP contribution in [0.4, 0.5) is 0 Å². The smallest absolute Gasteiger partial charge is 0.348 e. The average molecular weight is 293 g/mol. The highest BCUT2D eigenvalue weighted by Crippen LogP contribution is 2.23. The van der Waals surface area contributed by atoms with Crippen molar-refractivity contribution in [2.45, 2.75) is 26.7 Å². The fraction of sp³-hybridized carbons (Fsp3) is 0.333. The molecule has 1 aromatic heterocycles. The summed E-state index contributed by atoms with van der Waals surface area (Å²) in [7, 11) is 1.68. The van der Waals surface area contributed by atoms with E-state index in [-0.39, 0.29) is 5.15 Å². The summed E-state index contributed by atoms with van der Waals surface area (Å²) in [5.41, 5.74) is 2.06. The Morgan fingerprint density at radius 3 is 2.35 bits per heavy atom. The van der Waals surface area contributed by atoms with Crippen LogP contribution in [0.1, 0.15) is 41.4 Å². The highest BCUT2D eigenvalue weighted by atomic mass is 35.5. The van der Waals surface area contributed by atoms with Gasteiger partial charge in [-0.25, -0.2) is 4.79 Å². The van der Waals surface area contributed by atoms with Crippen LogP contribution in [0.25, 0.3) is 0 Å². The molecular weight excluding hydrogens is 276 g/mol. The largest absolute Gasteiger partial charge is 0.423 e. The van der Waals surface area contributed by atoms with Crippen LogP contribution in [0.15, 0.2) is 24.3 Å². The van der Waals surface area contributed by atoms with Gasteiger partial charge in [0.05, 0.1) is 5.69 Å². The number of aromatic nitrogens is 2. The minimum absolute atomic E-state index is 0.284. The van der Waals surface area contributed by atoms with Crippen molar-refractivity contribution in [2.75, 3.05) is 0 Å². The first-order valence-corrected chi connectivity index (χ1v) is 6.79. The van der Waals surface area contributed by atoms with Gasteiger partial charge < -0.3 is 4.74 Å². The van der Waals surface area contributed by atoms with E-state index in [9.17, 15) is 4.79 Å². The quantitative estimate of drug-likeness (QED) is 0.639. The lowest BCUT2D eigenvalue weighted by Crippen LogP contribution is -2.10. The van der Waals surface area contributed by atoms with Gasteiger partial charge in [-0.2, -0.15) is 5.10 Å². The lowest BCUT2D eigenvalue weighted by molar-refractivity contribution is 0.0734. The topological polar surface area (TPSA) is 44.1 Å². The number of aryl methyl sites for hydroxylation is 2. The lowest BCUT2D eigenvalue weighted by atomic mass is 10.0. The van der Waals surface area contributed by atoms with E-state index in [0.717, 1.165) is 0 Å². The Labute approximate surface area is 123 Å². The van der Waals surface area contributed by atoms with Crippen LogP contribution in [-0.2, 0) is 7.05 Å². The number of benzene rings is 1. The lowest BCUT2D eigenvalue weighted by Gasteiger charge is -2.07. The van der Waals surface area contributed by atoms with Crippen molar-refractivity contribution in [3.8, 4) is 5.75 Å². The van der Waals surface area contributed by atoms with Gasteiger partial charge >= 0.3 is 5.97 Å². The molecule has 0 saturated heterocycles. The maximum atomic E-state index is 12.1. The number of esters is 1. The highest BCUT2D eigenvalue weighted by molar-refractivity contribution is 6.32. The molecule has 2 aromatic rings. The van der Waals surface area contributed by atoms with E-state index in [1.165, 1.54) is 10.2 Å². The zero-order valence-electron chi connectivity index (χ0n) is 12.0. The Hall–Kier alpha value is -1.81. The van der Waals surface area contributed by atoms with Gasteiger partial charge in [0, 0.05) is 7.05 Å². The van der Waals surface area contributed by atoms with E-state index in [1.807, 2.05) is 12.1 Å². The molecule has 1 heterocycles. The molecule has 0 bridgehead atoms. The van der Waals surface area contributed by atoms with E-state index in [4.69, 9.17) is 16.3 Å². The summed E-state index contributed by atoms with van der Waals surface area (Å²) in [5, 5.41) is 4.38. The summed E-state index contributed by atoms with van der Waals surface area (Å²) < 4.78 is 6.79. The summed E-state index contributed by atoms with van der Waals surface area (Å²) in [6, 6.07) is 7.47. The van der Waals surface area contributed by atoms with Gasteiger partial charge in [0.25, 0.3) is 0 Å². The van der Waals surface area contributed by atoms with Crippen molar-refractivity contribution in [1.29, 1.82) is 0 Å². The third-order valence-electron chi connectivity index (χ3n) is 3.11. The molecule has 1 aromatic carbocycles. The number of rotatable bonds is 3. The van der Waals surface area contributed by atoms with Gasteiger partial charge in [-0.3, -0.25) is 4.68 Å². The molecule has 0 spiro atoms. The van der Waals surface area contributed by atoms with E-state index in [0.29, 0.717) is 22.9 Å². The number of hydrogen-bond donors (Lipinski definition) is 0. The molecule has 0 atom stereocenters. The molecule has 5 heteroatoms. The third-order valence-corrected chi connectivity index (χ3v) is 3.55. The van der Waals surface area contributed by atoms with Crippen LogP contribution in [0.2, 0.25) is 5.15 Å². The predicted octanol–water partition coefficient (Wildman–Crippen LogP) is 3.72. The van der Waals surface area contributed by atoms with E-state index >= 15 is 0 Å². The average Bonchev–Trinajstić information content (AvgIpc) is 2.63. The Kier molecular flexibility index (Phi) is 4.14. The van der Waals surface area contributed by atoms with Crippen LogP contribution in [0, 0.1) is 6.92 Å². The van der Waals surface area contributed by atoms with Crippen LogP contribution >= 0.6 is 11.6 Å². The number of hydrogen-bond acceptors (Lipinski definition) is 3. The Morgan fingerprint density at radius 2 is 1.90 bits per heavy atom. The predicted molar refractivity (Wildman–Crippen MR) is 78.4 cm³/mol. The van der Waals surface area contributed by atoms with Crippen LogP contribution in [0.3, 0.4) is 0 Å². The second kappa shape index (κ2) is 5.67. The van der Waals surface area contributed by atoms with E-state index in [2.05, 4.69) is 18.9 Å². The Morgan fingerprint density at radius 1 is 1.30 bits per heavy atom. The standard InChI is InChI=1S/C15H17ClN2O2/c1-9(2)11-5-7-12(8-6-11)20-15(19)13-10(3)17-18(4)14(13)16/h5-9H,1-4H3. The summed E-state index contributed by atoms with van der Waals surface area (Å²) in [6.45, 7) is 5.95. The van der Waals surface area contributed by atoms with Gasteiger partial charge in [-0.1, -0.05) is 37.6 Å². The van der Waals surface area contributed by atoms with Crippen LogP contribution in [-0.4, -0.2) is 15.7 Å². The molecule has 0 aliphatic heterocycles. The molecule has 106 valence electrons. The molecule has 0 amide bonds. The summed E-state index contributed by atoms with van der Waals surface area (Å²) >= 11 is 6.04. The Balaban J connectivity index is 2.19. The molecule has 0 radical (unpaired) electrons. The molecule has 0 saturated carbocycles. The molecule has 0 aliphatic carbocycles. The van der Waals surface area contributed by atoms with Gasteiger partial charge in [-0.05, 0) is 30.5 Å².